The number of hydrogen-bond acceptors (Lipinski definition) is 2. The maximum absolute atomic E-state index is 10.8. The molecule has 1 aromatic rings. The summed E-state index contributed by atoms with van der Waals surface area (Å²) in [5.74, 6) is 1.72. The fourth-order valence-electron chi connectivity index (χ4n) is 2.75. The Morgan fingerprint density at radius 2 is 2.43 bits per heavy atom. The van der Waals surface area contributed by atoms with Gasteiger partial charge in [0.25, 0.3) is 0 Å². The second-order valence-electron chi connectivity index (χ2n) is 4.23. The maximum Gasteiger partial charge on any atom is 0.185 e. The number of fused-ring (bicyclic) bond motifs is 4. The highest BCUT2D eigenvalue weighted by Crippen LogP contribution is 2.42. The summed E-state index contributed by atoms with van der Waals surface area (Å²) in [6.07, 6.45) is 10.5. The smallest absolute Gasteiger partial charge is 0.185 e. The molecule has 3 rings (SSSR count). The van der Waals surface area contributed by atoms with E-state index in [1.807, 2.05) is 0 Å². The Hall–Kier alpha value is -1.31. The Morgan fingerprint density at radius 1 is 1.50 bits per heavy atom. The third kappa shape index (κ3) is 0.999. The van der Waals surface area contributed by atoms with Crippen molar-refractivity contribution < 1.29 is 9.21 Å². The van der Waals surface area contributed by atoms with E-state index in [4.69, 9.17) is 4.42 Å². The predicted molar refractivity (Wildman–Crippen MR) is 52.4 cm³/mol. The van der Waals surface area contributed by atoms with Gasteiger partial charge in [-0.05, 0) is 30.7 Å². The maximum atomic E-state index is 10.8. The van der Waals surface area contributed by atoms with Crippen LogP contribution in [0.25, 0.3) is 0 Å². The fourth-order valence-corrected chi connectivity index (χ4v) is 2.75. The summed E-state index contributed by atoms with van der Waals surface area (Å²) >= 11 is 0. The molecule has 0 N–H and O–H groups in total. The summed E-state index contributed by atoms with van der Waals surface area (Å²) in [6.45, 7) is 0. The molecule has 0 aromatic carbocycles. The van der Waals surface area contributed by atoms with Crippen LogP contribution in [0.1, 0.15) is 40.4 Å². The van der Waals surface area contributed by atoms with Crippen molar-refractivity contribution in [2.24, 2.45) is 5.92 Å². The van der Waals surface area contributed by atoms with E-state index in [0.717, 1.165) is 24.2 Å². The Morgan fingerprint density at radius 3 is 3.29 bits per heavy atom. The zero-order chi connectivity index (χ0) is 9.54. The summed E-state index contributed by atoms with van der Waals surface area (Å²) in [6, 6.07) is 0. The summed E-state index contributed by atoms with van der Waals surface area (Å²) in [5, 5.41) is 0. The molecule has 2 aliphatic carbocycles. The Bertz CT molecular complexity index is 400. The average molecular weight is 188 g/mol. The number of furan rings is 1. The number of aldehydes is 1. The molecule has 2 heteroatoms. The van der Waals surface area contributed by atoms with Crippen LogP contribution in [0.15, 0.2) is 22.8 Å². The molecule has 0 spiro atoms. The van der Waals surface area contributed by atoms with Crippen LogP contribution in [0.4, 0.5) is 0 Å². The molecule has 1 aromatic heterocycles. The molecule has 0 fully saturated rings. The number of rotatable bonds is 1. The van der Waals surface area contributed by atoms with E-state index in [0.29, 0.717) is 11.7 Å². The Balaban J connectivity index is 2.14. The predicted octanol–water partition coefficient (Wildman–Crippen LogP) is 2.70. The number of hydrogen-bond donors (Lipinski definition) is 0. The van der Waals surface area contributed by atoms with Crippen LogP contribution in [-0.2, 0) is 6.42 Å². The molecular formula is C12H12O2. The quantitative estimate of drug-likeness (QED) is 0.501. The molecule has 1 heterocycles. The van der Waals surface area contributed by atoms with Crippen LogP contribution < -0.4 is 0 Å². The lowest BCUT2D eigenvalue weighted by Crippen LogP contribution is -2.19. The highest BCUT2D eigenvalue weighted by atomic mass is 16.3. The lowest BCUT2D eigenvalue weighted by molar-refractivity contribution is 0.109. The molecule has 0 saturated heterocycles. The summed E-state index contributed by atoms with van der Waals surface area (Å²) < 4.78 is 5.27. The van der Waals surface area contributed by atoms with E-state index in [9.17, 15) is 4.79 Å². The van der Waals surface area contributed by atoms with Gasteiger partial charge >= 0.3 is 0 Å². The van der Waals surface area contributed by atoms with Gasteiger partial charge in [0.1, 0.15) is 0 Å². The van der Waals surface area contributed by atoms with Crippen LogP contribution in [0, 0.1) is 5.92 Å². The molecule has 2 bridgehead atoms. The first-order chi connectivity index (χ1) is 6.88. The fraction of sp³-hybridized carbons (Fsp3) is 0.417. The van der Waals surface area contributed by atoms with E-state index >= 15 is 0 Å². The van der Waals surface area contributed by atoms with Gasteiger partial charge in [0.2, 0.25) is 0 Å². The van der Waals surface area contributed by atoms with E-state index < -0.39 is 0 Å². The second kappa shape index (κ2) is 2.84. The van der Waals surface area contributed by atoms with Gasteiger partial charge in [-0.2, -0.15) is 0 Å². The van der Waals surface area contributed by atoms with E-state index in [-0.39, 0.29) is 0 Å². The van der Waals surface area contributed by atoms with Crippen LogP contribution in [0.5, 0.6) is 0 Å². The first kappa shape index (κ1) is 8.04. The van der Waals surface area contributed by atoms with Crippen molar-refractivity contribution in [1.82, 2.24) is 0 Å². The van der Waals surface area contributed by atoms with E-state index in [2.05, 4.69) is 12.2 Å². The van der Waals surface area contributed by atoms with Gasteiger partial charge in [-0.15, -0.1) is 0 Å². The van der Waals surface area contributed by atoms with E-state index in [1.54, 1.807) is 6.26 Å². The second-order valence-corrected chi connectivity index (χ2v) is 4.23. The molecule has 0 aliphatic heterocycles. The molecule has 2 nitrogen and oxygen atoms in total. The number of carbonyl (C=O) groups excluding carboxylic acids is 1. The van der Waals surface area contributed by atoms with E-state index in [1.165, 1.54) is 18.4 Å². The van der Waals surface area contributed by atoms with Crippen molar-refractivity contribution in [1.29, 1.82) is 0 Å². The highest BCUT2D eigenvalue weighted by Gasteiger charge is 2.31. The first-order valence-electron chi connectivity index (χ1n) is 5.10. The summed E-state index contributed by atoms with van der Waals surface area (Å²) in [4.78, 5) is 10.8. The number of carbonyl (C=O) groups is 1. The third-order valence-corrected chi connectivity index (χ3v) is 3.35. The lowest BCUT2D eigenvalue weighted by Gasteiger charge is -2.30. The van der Waals surface area contributed by atoms with Gasteiger partial charge in [0.05, 0.1) is 6.26 Å². The molecule has 2 aliphatic rings. The topological polar surface area (TPSA) is 30.2 Å². The minimum Gasteiger partial charge on any atom is -0.461 e. The largest absolute Gasteiger partial charge is 0.461 e. The van der Waals surface area contributed by atoms with Crippen molar-refractivity contribution in [2.45, 2.75) is 25.2 Å². The molecular weight excluding hydrogens is 176 g/mol. The molecule has 2 unspecified atom stereocenters. The standard InChI is InChI=1S/C12H12O2/c13-6-11-12-9-3-1-2-8(4-9)5-10(12)7-14-11/h1,3,6-9H,2,4-5H2. The van der Waals surface area contributed by atoms with Crippen LogP contribution in [0.2, 0.25) is 0 Å². The highest BCUT2D eigenvalue weighted by molar-refractivity contribution is 5.75. The summed E-state index contributed by atoms with van der Waals surface area (Å²) in [5.41, 5.74) is 2.39. The van der Waals surface area contributed by atoms with Crippen molar-refractivity contribution in [3.8, 4) is 0 Å². The van der Waals surface area contributed by atoms with Gasteiger partial charge in [0.15, 0.2) is 12.0 Å². The normalized spacial score (nSPS) is 28.6. The van der Waals surface area contributed by atoms with Crippen molar-refractivity contribution >= 4 is 6.29 Å². The van der Waals surface area contributed by atoms with Crippen LogP contribution in [-0.4, -0.2) is 6.29 Å². The third-order valence-electron chi connectivity index (χ3n) is 3.35. The minimum absolute atomic E-state index is 0.427. The van der Waals surface area contributed by atoms with Crippen molar-refractivity contribution in [3.05, 3.63) is 35.3 Å². The molecule has 72 valence electrons. The zero-order valence-corrected chi connectivity index (χ0v) is 7.90. The van der Waals surface area contributed by atoms with Gasteiger partial charge in [-0.3, -0.25) is 4.79 Å². The van der Waals surface area contributed by atoms with Gasteiger partial charge < -0.3 is 4.42 Å². The monoisotopic (exact) mass is 188 g/mol. The molecule has 0 amide bonds. The van der Waals surface area contributed by atoms with Gasteiger partial charge in [-0.1, -0.05) is 12.2 Å². The zero-order valence-electron chi connectivity index (χ0n) is 7.90. The molecule has 2 atom stereocenters. The minimum atomic E-state index is 0.427. The number of allylic oxidation sites excluding steroid dienone is 2. The van der Waals surface area contributed by atoms with Gasteiger partial charge in [0, 0.05) is 11.5 Å². The van der Waals surface area contributed by atoms with Crippen LogP contribution in [0.3, 0.4) is 0 Å². The van der Waals surface area contributed by atoms with Gasteiger partial charge in [-0.25, -0.2) is 0 Å². The molecule has 0 saturated carbocycles. The Kier molecular flexibility index (Phi) is 1.63. The van der Waals surface area contributed by atoms with Crippen molar-refractivity contribution in [2.75, 3.05) is 0 Å². The van der Waals surface area contributed by atoms with Crippen molar-refractivity contribution in [3.63, 3.8) is 0 Å². The molecule has 14 heavy (non-hydrogen) atoms. The lowest BCUT2D eigenvalue weighted by atomic mass is 9.73. The van der Waals surface area contributed by atoms with Crippen LogP contribution >= 0.6 is 0 Å². The molecule has 0 radical (unpaired) electrons. The SMILES string of the molecule is O=Cc1occ2c1C1C=CCC(C2)C1. The first-order valence-corrected chi connectivity index (χ1v) is 5.10. The summed E-state index contributed by atoms with van der Waals surface area (Å²) in [7, 11) is 0. The average Bonchev–Trinajstić information content (AvgIpc) is 2.61. The Labute approximate surface area is 82.6 Å².